The van der Waals surface area contributed by atoms with Crippen LogP contribution in [0.25, 0.3) is 6.08 Å². The maximum Gasteiger partial charge on any atom is 0.264 e. The Morgan fingerprint density at radius 2 is 1.97 bits per heavy atom. The lowest BCUT2D eigenvalue weighted by Gasteiger charge is -2.45. The molecule has 1 amide bonds. The highest BCUT2D eigenvalue weighted by atomic mass is 35.5. The number of aliphatic imine (C=N–C) groups is 1. The normalized spacial score (nSPS) is 23.4. The standard InChI is InChI=1S/C23H24ClN3OS/c1-14-13-23(2,3)27(4)19-10-5-15(11-18(14)19)12-20-21(28)26-22(29-20)25-17-8-6-16(24)7-9-17/h5-12,14H,13H2,1-4H3,(H,25,26,28)/b20-12-/t14-/m1/s1. The molecule has 29 heavy (non-hydrogen) atoms. The third-order valence-electron chi connectivity index (χ3n) is 5.66. The van der Waals surface area contributed by atoms with Crippen LogP contribution in [0.1, 0.15) is 44.2 Å². The summed E-state index contributed by atoms with van der Waals surface area (Å²) in [5.74, 6) is 0.355. The van der Waals surface area contributed by atoms with Gasteiger partial charge in [0.2, 0.25) is 0 Å². The number of fused-ring (bicyclic) bond motifs is 1. The second-order valence-electron chi connectivity index (χ2n) is 8.25. The molecule has 4 nitrogen and oxygen atoms in total. The summed E-state index contributed by atoms with van der Waals surface area (Å²) in [6.07, 6.45) is 3.04. The van der Waals surface area contributed by atoms with Crippen LogP contribution >= 0.6 is 23.4 Å². The largest absolute Gasteiger partial charge is 0.369 e. The molecule has 0 saturated carbocycles. The molecule has 0 radical (unpaired) electrons. The highest BCUT2D eigenvalue weighted by Gasteiger charge is 2.34. The molecule has 0 aliphatic carbocycles. The minimum absolute atomic E-state index is 0.119. The van der Waals surface area contributed by atoms with E-state index in [1.807, 2.05) is 18.2 Å². The molecule has 2 aromatic carbocycles. The number of hydrogen-bond acceptors (Lipinski definition) is 4. The molecule has 1 atom stereocenters. The third-order valence-corrected chi connectivity index (χ3v) is 6.83. The molecule has 2 aliphatic rings. The number of nitrogens with zero attached hydrogens (tertiary/aromatic N) is 2. The van der Waals surface area contributed by atoms with E-state index in [2.05, 4.69) is 61.2 Å². The number of carbonyl (C=O) groups excluding carboxylic acids is 1. The topological polar surface area (TPSA) is 44.7 Å². The number of amidine groups is 1. The lowest BCUT2D eigenvalue weighted by molar-refractivity contribution is -0.115. The maximum absolute atomic E-state index is 12.4. The molecule has 0 bridgehead atoms. The Hall–Kier alpha value is -2.24. The van der Waals surface area contributed by atoms with Crippen LogP contribution in [0, 0.1) is 0 Å². The Labute approximate surface area is 181 Å². The Kier molecular flexibility index (Phi) is 5.21. The van der Waals surface area contributed by atoms with Crippen molar-refractivity contribution < 1.29 is 4.79 Å². The SMILES string of the molecule is C[C@@H]1CC(C)(C)N(C)c2ccc(/C=C3\SC(=Nc4ccc(Cl)cc4)NC3=O)cc21. The molecule has 1 N–H and O–H groups in total. The van der Waals surface area contributed by atoms with Crippen molar-refractivity contribution >= 4 is 51.9 Å². The van der Waals surface area contributed by atoms with Crippen LogP contribution in [0.3, 0.4) is 0 Å². The fraction of sp³-hybridized carbons (Fsp3) is 0.304. The molecule has 1 fully saturated rings. The minimum atomic E-state index is -0.119. The zero-order valence-electron chi connectivity index (χ0n) is 17.0. The van der Waals surface area contributed by atoms with Crippen LogP contribution in [0.4, 0.5) is 11.4 Å². The number of nitrogens with one attached hydrogen (secondary N) is 1. The van der Waals surface area contributed by atoms with E-state index in [0.29, 0.717) is 21.0 Å². The molecule has 4 rings (SSSR count). The first-order valence-electron chi connectivity index (χ1n) is 9.66. The van der Waals surface area contributed by atoms with Crippen molar-refractivity contribution in [3.8, 4) is 0 Å². The van der Waals surface area contributed by atoms with E-state index in [4.69, 9.17) is 11.6 Å². The van der Waals surface area contributed by atoms with Crippen molar-refractivity contribution in [2.75, 3.05) is 11.9 Å². The summed E-state index contributed by atoms with van der Waals surface area (Å²) in [5, 5.41) is 4.08. The summed E-state index contributed by atoms with van der Waals surface area (Å²) in [6.45, 7) is 6.84. The Morgan fingerprint density at radius 3 is 2.69 bits per heavy atom. The van der Waals surface area contributed by atoms with E-state index in [-0.39, 0.29) is 11.4 Å². The van der Waals surface area contributed by atoms with E-state index >= 15 is 0 Å². The molecule has 150 valence electrons. The van der Waals surface area contributed by atoms with Crippen molar-refractivity contribution in [3.63, 3.8) is 0 Å². The maximum atomic E-state index is 12.4. The lowest BCUT2D eigenvalue weighted by atomic mass is 9.80. The van der Waals surface area contributed by atoms with E-state index in [0.717, 1.165) is 17.7 Å². The van der Waals surface area contributed by atoms with Crippen molar-refractivity contribution in [1.82, 2.24) is 5.32 Å². The Bertz CT molecular complexity index is 1030. The van der Waals surface area contributed by atoms with Gasteiger partial charge < -0.3 is 10.2 Å². The molecule has 2 aliphatic heterocycles. The van der Waals surface area contributed by atoms with Crippen LogP contribution in [0.5, 0.6) is 0 Å². The van der Waals surface area contributed by atoms with Gasteiger partial charge in [-0.2, -0.15) is 0 Å². The van der Waals surface area contributed by atoms with Crippen LogP contribution in [0.15, 0.2) is 52.4 Å². The van der Waals surface area contributed by atoms with Crippen LogP contribution in [-0.2, 0) is 4.79 Å². The zero-order valence-corrected chi connectivity index (χ0v) is 18.6. The predicted octanol–water partition coefficient (Wildman–Crippen LogP) is 5.95. The van der Waals surface area contributed by atoms with Gasteiger partial charge in [-0.25, -0.2) is 4.99 Å². The summed E-state index contributed by atoms with van der Waals surface area (Å²) in [7, 11) is 2.16. The fourth-order valence-electron chi connectivity index (χ4n) is 3.95. The van der Waals surface area contributed by atoms with Gasteiger partial charge in [0.15, 0.2) is 5.17 Å². The highest BCUT2D eigenvalue weighted by Crippen LogP contribution is 2.43. The lowest BCUT2D eigenvalue weighted by Crippen LogP contribution is -2.45. The van der Waals surface area contributed by atoms with Gasteiger partial charge in [-0.1, -0.05) is 24.6 Å². The first kappa shape index (κ1) is 20.0. The average Bonchev–Trinajstić information content (AvgIpc) is 3.00. The van der Waals surface area contributed by atoms with Gasteiger partial charge in [0.1, 0.15) is 0 Å². The molecular formula is C23H24ClN3OS. The second-order valence-corrected chi connectivity index (χ2v) is 9.72. The number of carbonyl (C=O) groups is 1. The van der Waals surface area contributed by atoms with Gasteiger partial charge in [0, 0.05) is 23.3 Å². The number of rotatable bonds is 2. The molecule has 2 heterocycles. The smallest absolute Gasteiger partial charge is 0.264 e. The summed E-state index contributed by atoms with van der Waals surface area (Å²) >= 11 is 7.27. The number of halogens is 1. The number of benzene rings is 2. The van der Waals surface area contributed by atoms with Gasteiger partial charge in [-0.3, -0.25) is 4.79 Å². The van der Waals surface area contributed by atoms with Crippen LogP contribution < -0.4 is 10.2 Å². The molecule has 0 unspecified atom stereocenters. The first-order chi connectivity index (χ1) is 13.7. The number of thioether (sulfide) groups is 1. The molecule has 1 saturated heterocycles. The summed E-state index contributed by atoms with van der Waals surface area (Å²) in [6, 6.07) is 13.7. The van der Waals surface area contributed by atoms with Crippen molar-refractivity contribution in [2.45, 2.75) is 38.6 Å². The van der Waals surface area contributed by atoms with E-state index in [1.54, 1.807) is 12.1 Å². The number of amides is 1. The first-order valence-corrected chi connectivity index (χ1v) is 10.9. The summed E-state index contributed by atoms with van der Waals surface area (Å²) in [4.78, 5) is 19.9. The quantitative estimate of drug-likeness (QED) is 0.604. The molecule has 0 spiro atoms. The predicted molar refractivity (Wildman–Crippen MR) is 124 cm³/mol. The Balaban J connectivity index is 1.59. The third kappa shape index (κ3) is 4.07. The van der Waals surface area contributed by atoms with Crippen LogP contribution in [-0.4, -0.2) is 23.7 Å². The number of hydrogen-bond donors (Lipinski definition) is 1. The molecule has 6 heteroatoms. The molecular weight excluding hydrogens is 402 g/mol. The van der Waals surface area contributed by atoms with E-state index < -0.39 is 0 Å². The van der Waals surface area contributed by atoms with Crippen molar-refractivity contribution in [3.05, 3.63) is 63.5 Å². The average molecular weight is 426 g/mol. The summed E-state index contributed by atoms with van der Waals surface area (Å²) < 4.78 is 0. The molecule has 0 aromatic heterocycles. The highest BCUT2D eigenvalue weighted by molar-refractivity contribution is 8.18. The van der Waals surface area contributed by atoms with E-state index in [1.165, 1.54) is 23.0 Å². The Morgan fingerprint density at radius 1 is 1.24 bits per heavy atom. The van der Waals surface area contributed by atoms with Crippen molar-refractivity contribution in [2.24, 2.45) is 4.99 Å². The van der Waals surface area contributed by atoms with Gasteiger partial charge in [-0.05, 0) is 91.5 Å². The zero-order chi connectivity index (χ0) is 20.8. The van der Waals surface area contributed by atoms with Crippen LogP contribution in [0.2, 0.25) is 5.02 Å². The van der Waals surface area contributed by atoms with Gasteiger partial charge in [-0.15, -0.1) is 0 Å². The van der Waals surface area contributed by atoms with Gasteiger partial charge >= 0.3 is 0 Å². The molecule has 2 aromatic rings. The van der Waals surface area contributed by atoms with Gasteiger partial charge in [0.25, 0.3) is 5.91 Å². The second kappa shape index (κ2) is 7.54. The minimum Gasteiger partial charge on any atom is -0.369 e. The van der Waals surface area contributed by atoms with E-state index in [9.17, 15) is 4.79 Å². The fourth-order valence-corrected chi connectivity index (χ4v) is 4.92. The monoisotopic (exact) mass is 425 g/mol. The van der Waals surface area contributed by atoms with Crippen molar-refractivity contribution in [1.29, 1.82) is 0 Å². The summed E-state index contributed by atoms with van der Waals surface area (Å²) in [5.41, 5.74) is 4.53. The number of anilines is 1. The van der Waals surface area contributed by atoms with Gasteiger partial charge in [0.05, 0.1) is 10.6 Å².